The fourth-order valence-corrected chi connectivity index (χ4v) is 2.45. The van der Waals surface area contributed by atoms with Gasteiger partial charge in [0.1, 0.15) is 5.15 Å². The zero-order valence-corrected chi connectivity index (χ0v) is 14.9. The number of hydrogen-bond donors (Lipinski definition) is 2. The molecule has 0 aromatic carbocycles. The fourth-order valence-electron chi connectivity index (χ4n) is 2.29. The summed E-state index contributed by atoms with van der Waals surface area (Å²) < 4.78 is 5.48. The Kier molecular flexibility index (Phi) is 4.94. The molecule has 0 radical (unpaired) electrons. The van der Waals surface area contributed by atoms with Crippen LogP contribution >= 0.6 is 11.6 Å². The van der Waals surface area contributed by atoms with Gasteiger partial charge in [-0.3, -0.25) is 4.79 Å². The van der Waals surface area contributed by atoms with E-state index in [1.165, 1.54) is 31.2 Å². The van der Waals surface area contributed by atoms with Crippen LogP contribution in [-0.4, -0.2) is 50.2 Å². The molecule has 0 aliphatic carbocycles. The topological polar surface area (TPSA) is 120 Å². The highest BCUT2D eigenvalue weighted by Gasteiger charge is 2.19. The Hall–Kier alpha value is -3.27. The van der Waals surface area contributed by atoms with Crippen molar-refractivity contribution >= 4 is 29.0 Å². The third-order valence-electron chi connectivity index (χ3n) is 3.45. The molecule has 0 saturated heterocycles. The van der Waals surface area contributed by atoms with Crippen LogP contribution in [0.15, 0.2) is 24.5 Å². The number of anilines is 2. The Balaban J connectivity index is 2.06. The standard InChI is InChI=1S/C15H15ClN8O2/c1-17-15(25)9-7-19-11(16)6-10(9)20-14-12(26-3)8(4-5-18-14)13-21-23-24(2)22-13/h4-7H,1-3H3,(H,17,25)(H,18,19,20). The van der Waals surface area contributed by atoms with Crippen molar-refractivity contribution in [1.82, 2.24) is 35.5 Å². The van der Waals surface area contributed by atoms with Gasteiger partial charge in [-0.1, -0.05) is 11.6 Å². The van der Waals surface area contributed by atoms with Gasteiger partial charge in [0.25, 0.3) is 5.91 Å². The van der Waals surface area contributed by atoms with Gasteiger partial charge in [0, 0.05) is 19.4 Å². The number of nitrogens with zero attached hydrogens (tertiary/aromatic N) is 6. The molecule has 3 heterocycles. The van der Waals surface area contributed by atoms with E-state index in [9.17, 15) is 4.79 Å². The molecule has 0 saturated carbocycles. The van der Waals surface area contributed by atoms with E-state index in [0.29, 0.717) is 34.2 Å². The summed E-state index contributed by atoms with van der Waals surface area (Å²) in [5.41, 5.74) is 1.34. The van der Waals surface area contributed by atoms with E-state index >= 15 is 0 Å². The number of pyridine rings is 2. The van der Waals surface area contributed by atoms with Gasteiger partial charge in [-0.05, 0) is 17.3 Å². The van der Waals surface area contributed by atoms with Crippen molar-refractivity contribution in [3.63, 3.8) is 0 Å². The van der Waals surface area contributed by atoms with Crippen molar-refractivity contribution in [2.75, 3.05) is 19.5 Å². The average Bonchev–Trinajstić information content (AvgIpc) is 3.07. The summed E-state index contributed by atoms with van der Waals surface area (Å²) in [4.78, 5) is 21.6. The maximum absolute atomic E-state index is 12.1. The number of aryl methyl sites for hydroxylation is 1. The van der Waals surface area contributed by atoms with Crippen LogP contribution in [0, 0.1) is 0 Å². The summed E-state index contributed by atoms with van der Waals surface area (Å²) in [6.07, 6.45) is 2.95. The van der Waals surface area contributed by atoms with E-state index < -0.39 is 0 Å². The summed E-state index contributed by atoms with van der Waals surface area (Å²) in [6, 6.07) is 3.24. The molecule has 1 amide bonds. The van der Waals surface area contributed by atoms with Crippen LogP contribution in [0.1, 0.15) is 10.4 Å². The Labute approximate surface area is 153 Å². The number of hydrogen-bond acceptors (Lipinski definition) is 8. The first-order valence-corrected chi connectivity index (χ1v) is 7.83. The lowest BCUT2D eigenvalue weighted by molar-refractivity contribution is 0.0963. The number of aromatic nitrogens is 6. The van der Waals surface area contributed by atoms with Gasteiger partial charge in [-0.15, -0.1) is 10.2 Å². The quantitative estimate of drug-likeness (QED) is 0.643. The highest BCUT2D eigenvalue weighted by Crippen LogP contribution is 2.35. The molecule has 2 N–H and O–H groups in total. The van der Waals surface area contributed by atoms with Crippen LogP contribution in [0.25, 0.3) is 11.4 Å². The highest BCUT2D eigenvalue weighted by molar-refractivity contribution is 6.29. The molecule has 10 nitrogen and oxygen atoms in total. The molecule has 3 aromatic rings. The minimum atomic E-state index is -0.317. The van der Waals surface area contributed by atoms with Gasteiger partial charge in [0.2, 0.25) is 5.82 Å². The smallest absolute Gasteiger partial charge is 0.254 e. The molecule has 3 rings (SSSR count). The predicted molar refractivity (Wildman–Crippen MR) is 94.5 cm³/mol. The number of carbonyl (C=O) groups excluding carboxylic acids is 1. The van der Waals surface area contributed by atoms with Crippen molar-refractivity contribution in [2.45, 2.75) is 0 Å². The number of nitrogens with one attached hydrogen (secondary N) is 2. The number of rotatable bonds is 5. The van der Waals surface area contributed by atoms with Crippen LogP contribution < -0.4 is 15.4 Å². The van der Waals surface area contributed by atoms with Gasteiger partial charge in [-0.2, -0.15) is 4.80 Å². The minimum Gasteiger partial charge on any atom is -0.492 e. The van der Waals surface area contributed by atoms with Crippen molar-refractivity contribution in [1.29, 1.82) is 0 Å². The first kappa shape index (κ1) is 17.5. The minimum absolute atomic E-state index is 0.228. The van der Waals surface area contributed by atoms with Gasteiger partial charge in [-0.25, -0.2) is 9.97 Å². The molecule has 134 valence electrons. The predicted octanol–water partition coefficient (Wildman–Crippen LogP) is 1.43. The normalized spacial score (nSPS) is 10.5. The Morgan fingerprint density at radius 1 is 1.35 bits per heavy atom. The lowest BCUT2D eigenvalue weighted by atomic mass is 10.2. The summed E-state index contributed by atoms with van der Waals surface area (Å²) in [5.74, 6) is 0.831. The van der Waals surface area contributed by atoms with Crippen LogP contribution in [0.3, 0.4) is 0 Å². The van der Waals surface area contributed by atoms with Crippen LogP contribution in [0.4, 0.5) is 11.5 Å². The summed E-state index contributed by atoms with van der Waals surface area (Å²) >= 11 is 5.97. The van der Waals surface area contributed by atoms with Gasteiger partial charge >= 0.3 is 0 Å². The maximum Gasteiger partial charge on any atom is 0.254 e. The molecular formula is C15H15ClN8O2. The second-order valence-corrected chi connectivity index (χ2v) is 5.49. The van der Waals surface area contributed by atoms with Crippen molar-refractivity contribution < 1.29 is 9.53 Å². The van der Waals surface area contributed by atoms with E-state index in [0.717, 1.165) is 0 Å². The van der Waals surface area contributed by atoms with E-state index in [4.69, 9.17) is 16.3 Å². The molecule has 0 atom stereocenters. The first-order valence-electron chi connectivity index (χ1n) is 7.45. The molecule has 0 fully saturated rings. The number of carbonyl (C=O) groups is 1. The molecular weight excluding hydrogens is 360 g/mol. The zero-order chi connectivity index (χ0) is 18.7. The number of ether oxygens (including phenoxy) is 1. The third-order valence-corrected chi connectivity index (χ3v) is 3.66. The van der Waals surface area contributed by atoms with Gasteiger partial charge in [0.15, 0.2) is 11.6 Å². The molecule has 11 heteroatoms. The Morgan fingerprint density at radius 3 is 2.81 bits per heavy atom. The molecule has 3 aromatic heterocycles. The molecule has 0 aliphatic heterocycles. The fraction of sp³-hybridized carbons (Fsp3) is 0.200. The monoisotopic (exact) mass is 374 g/mol. The largest absolute Gasteiger partial charge is 0.492 e. The third kappa shape index (κ3) is 3.40. The second-order valence-electron chi connectivity index (χ2n) is 5.10. The van der Waals surface area contributed by atoms with E-state index in [1.807, 2.05) is 0 Å². The summed E-state index contributed by atoms with van der Waals surface area (Å²) in [6.45, 7) is 0. The van der Waals surface area contributed by atoms with Gasteiger partial charge < -0.3 is 15.4 Å². The van der Waals surface area contributed by atoms with Crippen molar-refractivity contribution in [2.24, 2.45) is 7.05 Å². The number of amides is 1. The Bertz CT molecular complexity index is 959. The first-order chi connectivity index (χ1) is 12.5. The lowest BCUT2D eigenvalue weighted by Gasteiger charge is -2.14. The SMILES string of the molecule is CNC(=O)c1cnc(Cl)cc1Nc1nccc(-c2nnn(C)n2)c1OC. The van der Waals surface area contributed by atoms with Crippen LogP contribution in [0.5, 0.6) is 5.75 Å². The molecule has 0 bridgehead atoms. The lowest BCUT2D eigenvalue weighted by Crippen LogP contribution is -2.19. The highest BCUT2D eigenvalue weighted by atomic mass is 35.5. The molecule has 0 spiro atoms. The van der Waals surface area contributed by atoms with Crippen LogP contribution in [-0.2, 0) is 7.05 Å². The Morgan fingerprint density at radius 2 is 2.15 bits per heavy atom. The van der Waals surface area contributed by atoms with E-state index in [1.54, 1.807) is 19.3 Å². The second kappa shape index (κ2) is 7.31. The van der Waals surface area contributed by atoms with Crippen molar-refractivity contribution in [3.05, 3.63) is 35.2 Å². The summed E-state index contributed by atoms with van der Waals surface area (Å²) in [5, 5.41) is 17.8. The van der Waals surface area contributed by atoms with E-state index in [2.05, 4.69) is 36.0 Å². The molecule has 26 heavy (non-hydrogen) atoms. The van der Waals surface area contributed by atoms with Crippen LogP contribution in [0.2, 0.25) is 5.15 Å². The number of halogens is 1. The number of tetrazole rings is 1. The maximum atomic E-state index is 12.1. The molecule has 0 unspecified atom stereocenters. The average molecular weight is 375 g/mol. The van der Waals surface area contributed by atoms with Gasteiger partial charge in [0.05, 0.1) is 31.0 Å². The van der Waals surface area contributed by atoms with E-state index in [-0.39, 0.29) is 11.1 Å². The number of methoxy groups -OCH3 is 1. The zero-order valence-electron chi connectivity index (χ0n) is 14.2. The summed E-state index contributed by atoms with van der Waals surface area (Å²) in [7, 11) is 4.69. The van der Waals surface area contributed by atoms with Crippen molar-refractivity contribution in [3.8, 4) is 17.1 Å². The molecule has 0 aliphatic rings.